The van der Waals surface area contributed by atoms with E-state index in [0.29, 0.717) is 57.9 Å². The number of ketones is 1. The summed E-state index contributed by atoms with van der Waals surface area (Å²) in [4.78, 5) is 65.1. The van der Waals surface area contributed by atoms with Crippen LogP contribution in [0, 0.1) is 0 Å². The molecule has 13 heteroatoms. The zero-order chi connectivity index (χ0) is 28.1. The number of carboxylic acid groups (broad SMARTS) is 3. The molecule has 0 spiro atoms. The van der Waals surface area contributed by atoms with E-state index in [1.807, 2.05) is 4.90 Å². The van der Waals surface area contributed by atoms with E-state index < -0.39 is 17.9 Å². The van der Waals surface area contributed by atoms with Gasteiger partial charge >= 0.3 is 17.9 Å². The largest absolute Gasteiger partial charge is 0.480 e. The number of nitrogens with zero attached hydrogens (tertiary/aromatic N) is 4. The minimum absolute atomic E-state index is 0.0402. The fraction of sp³-hybridized carbons (Fsp3) is 0.560. The van der Waals surface area contributed by atoms with Crippen LogP contribution in [0.15, 0.2) is 24.3 Å². The van der Waals surface area contributed by atoms with E-state index in [1.54, 1.807) is 39.0 Å². The molecule has 4 N–H and O–H groups in total. The van der Waals surface area contributed by atoms with Gasteiger partial charge in [-0.15, -0.1) is 0 Å². The van der Waals surface area contributed by atoms with Gasteiger partial charge in [-0.2, -0.15) is 0 Å². The highest BCUT2D eigenvalue weighted by atomic mass is 16.4. The molecule has 0 aromatic heterocycles. The van der Waals surface area contributed by atoms with Crippen molar-refractivity contribution in [3.8, 4) is 0 Å². The first-order valence-corrected chi connectivity index (χ1v) is 12.4. The summed E-state index contributed by atoms with van der Waals surface area (Å²) in [5.74, 6) is -3.31. The molecule has 1 aromatic carbocycles. The maximum absolute atomic E-state index is 12.7. The summed E-state index contributed by atoms with van der Waals surface area (Å²) in [6.45, 7) is 3.79. The van der Waals surface area contributed by atoms with Gasteiger partial charge in [0, 0.05) is 64.5 Å². The number of hydrogen-bond donors (Lipinski definition) is 4. The Hall–Kier alpha value is -3.39. The molecule has 1 amide bonds. The fourth-order valence-electron chi connectivity index (χ4n) is 4.10. The molecule has 13 nitrogen and oxygen atoms in total. The van der Waals surface area contributed by atoms with Crippen LogP contribution in [0.5, 0.6) is 0 Å². The fourth-order valence-corrected chi connectivity index (χ4v) is 4.10. The molecule has 0 radical (unpaired) electrons. The molecular formula is C25H37N5O8. The Labute approximate surface area is 221 Å². The molecule has 0 unspecified atom stereocenters. The maximum Gasteiger partial charge on any atom is 0.317 e. The number of hydrogen-bond acceptors (Lipinski definition) is 9. The van der Waals surface area contributed by atoms with Crippen molar-refractivity contribution in [2.24, 2.45) is 0 Å². The first kappa shape index (κ1) is 30.8. The van der Waals surface area contributed by atoms with E-state index in [-0.39, 0.29) is 44.4 Å². The normalized spacial score (nSPS) is 17.2. The first-order valence-electron chi connectivity index (χ1n) is 12.4. The number of carbonyl (C=O) groups excluding carboxylic acids is 2. The van der Waals surface area contributed by atoms with Crippen LogP contribution in [0.3, 0.4) is 0 Å². The molecule has 210 valence electrons. The summed E-state index contributed by atoms with van der Waals surface area (Å²) in [7, 11) is 0. The number of amides is 1. The molecule has 1 saturated heterocycles. The van der Waals surface area contributed by atoms with E-state index in [0.717, 1.165) is 5.56 Å². The second-order valence-corrected chi connectivity index (χ2v) is 9.32. The Kier molecular flexibility index (Phi) is 12.8. The van der Waals surface area contributed by atoms with Crippen molar-refractivity contribution in [2.75, 3.05) is 78.5 Å². The van der Waals surface area contributed by atoms with Gasteiger partial charge in [0.15, 0.2) is 5.78 Å². The van der Waals surface area contributed by atoms with Crippen molar-refractivity contribution in [1.82, 2.24) is 24.9 Å². The van der Waals surface area contributed by atoms with Crippen molar-refractivity contribution in [1.29, 1.82) is 0 Å². The zero-order valence-corrected chi connectivity index (χ0v) is 21.7. The number of aliphatic carboxylic acids is 3. The standard InChI is InChI=1S/C25H37N5O8/c1-19(31)21-4-2-20(3-5-21)14-26-22(32)15-27-6-8-28(16-23(33)34)10-12-30(18-25(37)38)13-11-29(9-7-27)17-24(35)36/h2-5H,6-18H2,1H3,(H,26,32)(H,33,34)(H,35,36)(H,37,38). The van der Waals surface area contributed by atoms with Gasteiger partial charge in [0.1, 0.15) is 0 Å². The number of Topliss-reactive ketones (excluding diaryl/α,β-unsaturated/α-hetero) is 1. The SMILES string of the molecule is CC(=O)c1ccc(CNC(=O)CN2CCN(CC(=O)O)CCN(CC(=O)O)CCN(CC(=O)O)CC2)cc1. The Morgan fingerprint density at radius 2 is 0.974 bits per heavy atom. The van der Waals surface area contributed by atoms with E-state index >= 15 is 0 Å². The minimum atomic E-state index is -1.02. The van der Waals surface area contributed by atoms with Crippen LogP contribution >= 0.6 is 0 Å². The van der Waals surface area contributed by atoms with E-state index in [9.17, 15) is 39.3 Å². The lowest BCUT2D eigenvalue weighted by molar-refractivity contribution is -0.140. The van der Waals surface area contributed by atoms with Gasteiger partial charge in [-0.25, -0.2) is 0 Å². The maximum atomic E-state index is 12.7. The van der Waals surface area contributed by atoms with Crippen molar-refractivity contribution < 1.29 is 39.3 Å². The molecule has 0 saturated carbocycles. The Balaban J connectivity index is 2.06. The van der Waals surface area contributed by atoms with Crippen LogP contribution in [0.1, 0.15) is 22.8 Å². The second kappa shape index (κ2) is 15.8. The topological polar surface area (TPSA) is 171 Å². The molecule has 1 aliphatic heterocycles. The molecule has 1 aliphatic rings. The van der Waals surface area contributed by atoms with E-state index in [4.69, 9.17) is 0 Å². The van der Waals surface area contributed by atoms with Gasteiger partial charge in [0.05, 0.1) is 26.2 Å². The minimum Gasteiger partial charge on any atom is -0.480 e. The van der Waals surface area contributed by atoms with Crippen LogP contribution in [0.2, 0.25) is 0 Å². The predicted molar refractivity (Wildman–Crippen MR) is 137 cm³/mol. The third-order valence-corrected chi connectivity index (χ3v) is 6.22. The first-order chi connectivity index (χ1) is 18.0. The lowest BCUT2D eigenvalue weighted by atomic mass is 10.1. The van der Waals surface area contributed by atoms with Crippen LogP contribution in [-0.2, 0) is 25.7 Å². The molecule has 1 fully saturated rings. The van der Waals surface area contributed by atoms with Crippen LogP contribution in [0.4, 0.5) is 0 Å². The van der Waals surface area contributed by atoms with Crippen LogP contribution < -0.4 is 5.32 Å². The van der Waals surface area contributed by atoms with Crippen LogP contribution in [-0.4, -0.2) is 143 Å². The average Bonchev–Trinajstić information content (AvgIpc) is 2.83. The lowest BCUT2D eigenvalue weighted by Crippen LogP contribution is -2.49. The smallest absolute Gasteiger partial charge is 0.317 e. The lowest BCUT2D eigenvalue weighted by Gasteiger charge is -2.32. The molecule has 2 rings (SSSR count). The highest BCUT2D eigenvalue weighted by molar-refractivity contribution is 5.94. The zero-order valence-electron chi connectivity index (χ0n) is 21.7. The third kappa shape index (κ3) is 12.2. The molecule has 38 heavy (non-hydrogen) atoms. The molecule has 0 bridgehead atoms. The number of rotatable bonds is 11. The van der Waals surface area contributed by atoms with Gasteiger partial charge in [-0.05, 0) is 12.5 Å². The second-order valence-electron chi connectivity index (χ2n) is 9.32. The summed E-state index contributed by atoms with van der Waals surface area (Å²) in [6, 6.07) is 6.95. The van der Waals surface area contributed by atoms with Gasteiger partial charge in [-0.1, -0.05) is 24.3 Å². The summed E-state index contributed by atoms with van der Waals surface area (Å²) in [6.07, 6.45) is 0. The Morgan fingerprint density at radius 3 is 1.29 bits per heavy atom. The summed E-state index contributed by atoms with van der Waals surface area (Å²) in [5, 5.41) is 30.7. The monoisotopic (exact) mass is 535 g/mol. The van der Waals surface area contributed by atoms with Gasteiger partial charge < -0.3 is 20.6 Å². The molecule has 0 atom stereocenters. The van der Waals surface area contributed by atoms with Crippen molar-refractivity contribution in [3.05, 3.63) is 35.4 Å². The number of nitrogens with one attached hydrogen (secondary N) is 1. The molecule has 0 aliphatic carbocycles. The Morgan fingerprint density at radius 1 is 0.632 bits per heavy atom. The summed E-state index contributed by atoms with van der Waals surface area (Å²) < 4.78 is 0. The molecule has 1 heterocycles. The van der Waals surface area contributed by atoms with Crippen molar-refractivity contribution in [3.63, 3.8) is 0 Å². The average molecular weight is 536 g/mol. The highest BCUT2D eigenvalue weighted by Gasteiger charge is 2.21. The van der Waals surface area contributed by atoms with Gasteiger partial charge in [0.25, 0.3) is 0 Å². The third-order valence-electron chi connectivity index (χ3n) is 6.22. The van der Waals surface area contributed by atoms with Crippen LogP contribution in [0.25, 0.3) is 0 Å². The van der Waals surface area contributed by atoms with Crippen molar-refractivity contribution >= 4 is 29.6 Å². The van der Waals surface area contributed by atoms with Gasteiger partial charge in [-0.3, -0.25) is 43.6 Å². The number of benzene rings is 1. The number of carbonyl (C=O) groups is 5. The van der Waals surface area contributed by atoms with Crippen molar-refractivity contribution in [2.45, 2.75) is 13.5 Å². The highest BCUT2D eigenvalue weighted by Crippen LogP contribution is 2.05. The van der Waals surface area contributed by atoms with E-state index in [1.165, 1.54) is 6.92 Å². The molecule has 1 aromatic rings. The molecular weight excluding hydrogens is 498 g/mol. The Bertz CT molecular complexity index is 939. The van der Waals surface area contributed by atoms with Gasteiger partial charge in [0.2, 0.25) is 5.91 Å². The summed E-state index contributed by atoms with van der Waals surface area (Å²) in [5.41, 5.74) is 1.42. The quantitative estimate of drug-likeness (QED) is 0.255. The summed E-state index contributed by atoms with van der Waals surface area (Å²) >= 11 is 0. The van der Waals surface area contributed by atoms with E-state index in [2.05, 4.69) is 5.32 Å². The number of carboxylic acids is 3. The predicted octanol–water partition coefficient (Wildman–Crippen LogP) is -1.02.